The average Bonchev–Trinajstić information content (AvgIpc) is 2.31. The SMILES string of the molecule is C#C/C(=C/CN(C)CC(=O)O)c1ccccc1Cl. The first-order valence-electron chi connectivity index (χ1n) is 5.36. The summed E-state index contributed by atoms with van der Waals surface area (Å²) in [6, 6.07) is 7.29. The molecule has 3 nitrogen and oxygen atoms in total. The first kappa shape index (κ1) is 14.3. The second-order valence-electron chi connectivity index (χ2n) is 3.83. The van der Waals surface area contributed by atoms with E-state index in [4.69, 9.17) is 23.1 Å². The first-order chi connectivity index (χ1) is 8.54. The first-order valence-corrected chi connectivity index (χ1v) is 5.74. The van der Waals surface area contributed by atoms with Crippen LogP contribution in [0.5, 0.6) is 0 Å². The van der Waals surface area contributed by atoms with E-state index in [1.807, 2.05) is 18.2 Å². The molecule has 0 bridgehead atoms. The molecule has 0 aromatic heterocycles. The highest BCUT2D eigenvalue weighted by molar-refractivity contribution is 6.32. The lowest BCUT2D eigenvalue weighted by molar-refractivity contribution is -0.137. The average molecular weight is 264 g/mol. The highest BCUT2D eigenvalue weighted by Gasteiger charge is 2.05. The molecule has 18 heavy (non-hydrogen) atoms. The van der Waals surface area contributed by atoms with E-state index in [0.717, 1.165) is 5.56 Å². The summed E-state index contributed by atoms with van der Waals surface area (Å²) >= 11 is 6.05. The molecular weight excluding hydrogens is 250 g/mol. The maximum Gasteiger partial charge on any atom is 0.317 e. The van der Waals surface area contributed by atoms with Gasteiger partial charge in [0.1, 0.15) is 0 Å². The molecule has 1 rings (SSSR count). The van der Waals surface area contributed by atoms with Gasteiger partial charge in [0.05, 0.1) is 6.54 Å². The molecule has 0 aliphatic carbocycles. The van der Waals surface area contributed by atoms with Crippen molar-refractivity contribution in [1.82, 2.24) is 4.90 Å². The van der Waals surface area contributed by atoms with E-state index in [1.165, 1.54) is 0 Å². The van der Waals surface area contributed by atoms with Gasteiger partial charge >= 0.3 is 5.97 Å². The minimum atomic E-state index is -0.870. The molecule has 0 aliphatic rings. The molecule has 0 amide bonds. The summed E-state index contributed by atoms with van der Waals surface area (Å²) in [6.07, 6.45) is 7.25. The van der Waals surface area contributed by atoms with Gasteiger partial charge in [0.25, 0.3) is 0 Å². The normalized spacial score (nSPS) is 11.3. The van der Waals surface area contributed by atoms with Crippen LogP contribution in [0.1, 0.15) is 5.56 Å². The van der Waals surface area contributed by atoms with E-state index < -0.39 is 5.97 Å². The summed E-state index contributed by atoms with van der Waals surface area (Å²) in [6.45, 7) is 0.425. The molecule has 0 atom stereocenters. The number of nitrogens with zero attached hydrogens (tertiary/aromatic N) is 1. The van der Waals surface area contributed by atoms with Crippen LogP contribution in [0.3, 0.4) is 0 Å². The Bertz CT molecular complexity index is 503. The van der Waals surface area contributed by atoms with E-state index in [1.54, 1.807) is 24.1 Å². The standard InChI is InChI=1S/C14H14ClNO2/c1-3-11(8-9-16(2)10-14(17)18)12-6-4-5-7-13(12)15/h1,4-8H,9-10H2,2H3,(H,17,18)/b11-8-. The van der Waals surface area contributed by atoms with Crippen molar-refractivity contribution < 1.29 is 9.90 Å². The summed E-state index contributed by atoms with van der Waals surface area (Å²) < 4.78 is 0. The molecule has 0 radical (unpaired) electrons. The zero-order valence-corrected chi connectivity index (χ0v) is 10.8. The van der Waals surface area contributed by atoms with E-state index in [0.29, 0.717) is 17.1 Å². The largest absolute Gasteiger partial charge is 0.480 e. The van der Waals surface area contributed by atoms with Crippen molar-refractivity contribution in [3.05, 3.63) is 40.9 Å². The van der Waals surface area contributed by atoms with Gasteiger partial charge in [0, 0.05) is 22.7 Å². The van der Waals surface area contributed by atoms with Crippen molar-refractivity contribution in [2.45, 2.75) is 0 Å². The van der Waals surface area contributed by atoms with Crippen LogP contribution in [0, 0.1) is 12.3 Å². The number of carbonyl (C=O) groups is 1. The number of carboxylic acid groups (broad SMARTS) is 1. The number of aliphatic carboxylic acids is 1. The highest BCUT2D eigenvalue weighted by atomic mass is 35.5. The molecule has 0 unspecified atom stereocenters. The van der Waals surface area contributed by atoms with Gasteiger partial charge in [-0.25, -0.2) is 0 Å². The van der Waals surface area contributed by atoms with E-state index in [-0.39, 0.29) is 6.54 Å². The van der Waals surface area contributed by atoms with Gasteiger partial charge in [-0.05, 0) is 13.1 Å². The Balaban J connectivity index is 2.82. The number of hydrogen-bond donors (Lipinski definition) is 1. The van der Waals surface area contributed by atoms with Crippen LogP contribution in [-0.2, 0) is 4.79 Å². The minimum Gasteiger partial charge on any atom is -0.480 e. The minimum absolute atomic E-state index is 0.0309. The number of likely N-dealkylation sites (N-methyl/N-ethyl adjacent to an activating group) is 1. The van der Waals surface area contributed by atoms with Gasteiger partial charge in [0.2, 0.25) is 0 Å². The Morgan fingerprint density at radius 1 is 1.56 bits per heavy atom. The third kappa shape index (κ3) is 4.25. The topological polar surface area (TPSA) is 40.5 Å². The second kappa shape index (κ2) is 6.85. The Labute approximate surface area is 112 Å². The maximum absolute atomic E-state index is 10.5. The summed E-state index contributed by atoms with van der Waals surface area (Å²) in [5, 5.41) is 9.23. The molecular formula is C14H14ClNO2. The number of allylic oxidation sites excluding steroid dienone is 1. The lowest BCUT2D eigenvalue weighted by atomic mass is 10.1. The van der Waals surface area contributed by atoms with Crippen molar-refractivity contribution in [3.63, 3.8) is 0 Å². The van der Waals surface area contributed by atoms with E-state index in [2.05, 4.69) is 5.92 Å². The van der Waals surface area contributed by atoms with Gasteiger partial charge in [-0.15, -0.1) is 6.42 Å². The van der Waals surface area contributed by atoms with Crippen molar-refractivity contribution in [2.75, 3.05) is 20.1 Å². The van der Waals surface area contributed by atoms with Crippen molar-refractivity contribution in [2.24, 2.45) is 0 Å². The predicted octanol–water partition coefficient (Wildman–Crippen LogP) is 2.37. The molecule has 1 N–H and O–H groups in total. The molecule has 4 heteroatoms. The van der Waals surface area contributed by atoms with Gasteiger partial charge in [-0.3, -0.25) is 9.69 Å². The number of carboxylic acids is 1. The summed E-state index contributed by atoms with van der Waals surface area (Å²) in [5.74, 6) is 1.70. The van der Waals surface area contributed by atoms with Crippen LogP contribution in [-0.4, -0.2) is 36.1 Å². The van der Waals surface area contributed by atoms with E-state index >= 15 is 0 Å². The molecule has 1 aromatic carbocycles. The van der Waals surface area contributed by atoms with Gasteiger partial charge < -0.3 is 5.11 Å². The maximum atomic E-state index is 10.5. The van der Waals surface area contributed by atoms with Crippen molar-refractivity contribution in [3.8, 4) is 12.3 Å². The fourth-order valence-electron chi connectivity index (χ4n) is 1.47. The van der Waals surface area contributed by atoms with Crippen molar-refractivity contribution in [1.29, 1.82) is 0 Å². The van der Waals surface area contributed by atoms with Crippen LogP contribution in [0.15, 0.2) is 30.3 Å². The monoisotopic (exact) mass is 263 g/mol. The van der Waals surface area contributed by atoms with Crippen LogP contribution in [0.2, 0.25) is 5.02 Å². The zero-order valence-electron chi connectivity index (χ0n) is 10.1. The van der Waals surface area contributed by atoms with Crippen LogP contribution in [0.4, 0.5) is 0 Å². The number of benzene rings is 1. The van der Waals surface area contributed by atoms with Gasteiger partial charge in [0.15, 0.2) is 0 Å². The molecule has 0 heterocycles. The number of hydrogen-bond acceptors (Lipinski definition) is 2. The molecule has 0 saturated carbocycles. The predicted molar refractivity (Wildman–Crippen MR) is 73.4 cm³/mol. The summed E-state index contributed by atoms with van der Waals surface area (Å²) in [4.78, 5) is 12.2. The van der Waals surface area contributed by atoms with Crippen molar-refractivity contribution >= 4 is 23.1 Å². The number of halogens is 1. The van der Waals surface area contributed by atoms with Crippen LogP contribution >= 0.6 is 11.6 Å². The molecule has 1 aromatic rings. The molecule has 0 fully saturated rings. The molecule has 0 aliphatic heterocycles. The Kier molecular flexibility index (Phi) is 5.44. The Hall–Kier alpha value is -1.76. The second-order valence-corrected chi connectivity index (χ2v) is 4.24. The third-order valence-corrected chi connectivity index (χ3v) is 2.66. The fourth-order valence-corrected chi connectivity index (χ4v) is 1.71. The van der Waals surface area contributed by atoms with Crippen LogP contribution in [0.25, 0.3) is 5.57 Å². The van der Waals surface area contributed by atoms with Crippen LogP contribution < -0.4 is 0 Å². The zero-order chi connectivity index (χ0) is 13.5. The smallest absolute Gasteiger partial charge is 0.317 e. The third-order valence-electron chi connectivity index (χ3n) is 2.33. The molecule has 0 spiro atoms. The van der Waals surface area contributed by atoms with Gasteiger partial charge in [-0.2, -0.15) is 0 Å². The number of terminal acetylenes is 1. The Morgan fingerprint density at radius 2 is 2.22 bits per heavy atom. The molecule has 0 saturated heterocycles. The lowest BCUT2D eigenvalue weighted by Gasteiger charge is -2.11. The summed E-state index contributed by atoms with van der Waals surface area (Å²) in [7, 11) is 1.71. The van der Waals surface area contributed by atoms with Gasteiger partial charge in [-0.1, -0.05) is 41.8 Å². The van der Waals surface area contributed by atoms with E-state index in [9.17, 15) is 4.79 Å². The fraction of sp³-hybridized carbons (Fsp3) is 0.214. The quantitative estimate of drug-likeness (QED) is 0.829. The Morgan fingerprint density at radius 3 is 2.78 bits per heavy atom. The molecule has 94 valence electrons. The summed E-state index contributed by atoms with van der Waals surface area (Å²) in [5.41, 5.74) is 1.45. The lowest BCUT2D eigenvalue weighted by Crippen LogP contribution is -2.25. The number of rotatable bonds is 5. The highest BCUT2D eigenvalue weighted by Crippen LogP contribution is 2.22.